The van der Waals surface area contributed by atoms with E-state index in [9.17, 15) is 23.1 Å². The van der Waals surface area contributed by atoms with E-state index in [0.717, 1.165) is 36.0 Å². The predicted molar refractivity (Wildman–Crippen MR) is 173 cm³/mol. The summed E-state index contributed by atoms with van der Waals surface area (Å²) in [6.07, 6.45) is 9.71. The number of nitrogens with zero attached hydrogens (tertiary/aromatic N) is 1. The number of carbonyl (C=O) groups excluding carboxylic acids is 1. The SMILES string of the molecule is CSCCC(NC(=O)c1ccc(CN(CCC2CCCCC2)S(=O)(=O)CCC(C)C)cc1-c1ccccc1C)C(=O)O. The summed E-state index contributed by atoms with van der Waals surface area (Å²) in [6, 6.07) is 12.2. The van der Waals surface area contributed by atoms with Crippen LogP contribution in [0, 0.1) is 18.8 Å². The number of amides is 1. The van der Waals surface area contributed by atoms with Crippen LogP contribution >= 0.6 is 11.8 Å². The average Bonchev–Trinajstić information content (AvgIpc) is 2.96. The number of carbonyl (C=O) groups is 2. The summed E-state index contributed by atoms with van der Waals surface area (Å²) >= 11 is 1.53. The Morgan fingerprint density at radius 2 is 1.76 bits per heavy atom. The number of carboxylic acids is 1. The number of carboxylic acid groups (broad SMARTS) is 1. The maximum Gasteiger partial charge on any atom is 0.326 e. The van der Waals surface area contributed by atoms with E-state index >= 15 is 0 Å². The fourth-order valence-corrected chi connectivity index (χ4v) is 7.78. The molecule has 9 heteroatoms. The van der Waals surface area contributed by atoms with Crippen LogP contribution in [0.5, 0.6) is 0 Å². The Morgan fingerprint density at radius 3 is 2.40 bits per heavy atom. The number of hydrogen-bond donors (Lipinski definition) is 2. The van der Waals surface area contributed by atoms with Crippen molar-refractivity contribution in [1.29, 1.82) is 0 Å². The Morgan fingerprint density at radius 1 is 1.05 bits per heavy atom. The van der Waals surface area contributed by atoms with Gasteiger partial charge >= 0.3 is 5.97 Å². The van der Waals surface area contributed by atoms with Gasteiger partial charge in [0.05, 0.1) is 5.75 Å². The quantitative estimate of drug-likeness (QED) is 0.216. The molecule has 0 saturated heterocycles. The van der Waals surface area contributed by atoms with Crippen LogP contribution in [0.3, 0.4) is 0 Å². The molecule has 2 aromatic rings. The smallest absolute Gasteiger partial charge is 0.326 e. The maximum atomic E-state index is 13.6. The highest BCUT2D eigenvalue weighted by Crippen LogP contribution is 2.30. The summed E-state index contributed by atoms with van der Waals surface area (Å²) in [5.74, 6) is 0.0636. The van der Waals surface area contributed by atoms with Crippen LogP contribution in [-0.2, 0) is 21.4 Å². The van der Waals surface area contributed by atoms with Gasteiger partial charge in [0.2, 0.25) is 10.0 Å². The van der Waals surface area contributed by atoms with Crippen LogP contribution in [0.15, 0.2) is 42.5 Å². The van der Waals surface area contributed by atoms with Gasteiger partial charge in [-0.2, -0.15) is 16.1 Å². The second kappa shape index (κ2) is 16.5. The van der Waals surface area contributed by atoms with E-state index in [2.05, 4.69) is 5.32 Å². The zero-order chi connectivity index (χ0) is 30.7. The third kappa shape index (κ3) is 10.1. The molecule has 1 fully saturated rings. The molecular formula is C33H48N2O5S2. The number of aryl methyl sites for hydroxylation is 1. The number of nitrogens with one attached hydrogen (secondary N) is 1. The molecule has 1 saturated carbocycles. The molecule has 0 heterocycles. The van der Waals surface area contributed by atoms with Gasteiger partial charge in [-0.1, -0.05) is 76.3 Å². The van der Waals surface area contributed by atoms with Crippen molar-refractivity contribution >= 4 is 33.7 Å². The normalized spacial score (nSPS) is 15.2. The molecule has 0 spiro atoms. The molecule has 1 atom stereocenters. The first-order valence-electron chi connectivity index (χ1n) is 15.2. The van der Waals surface area contributed by atoms with E-state index in [4.69, 9.17) is 0 Å². The number of rotatable bonds is 16. The van der Waals surface area contributed by atoms with Crippen molar-refractivity contribution < 1.29 is 23.1 Å². The molecule has 0 bridgehead atoms. The van der Waals surface area contributed by atoms with Crippen LogP contribution in [0.25, 0.3) is 11.1 Å². The molecule has 1 aliphatic rings. The fourth-order valence-electron chi connectivity index (χ4n) is 5.55. The van der Waals surface area contributed by atoms with E-state index < -0.39 is 27.9 Å². The molecule has 0 aromatic heterocycles. The van der Waals surface area contributed by atoms with Gasteiger partial charge in [-0.15, -0.1) is 0 Å². The van der Waals surface area contributed by atoms with Crippen LogP contribution in [0.4, 0.5) is 0 Å². The van der Waals surface area contributed by atoms with E-state index in [0.29, 0.717) is 42.2 Å². The molecule has 2 aromatic carbocycles. The third-order valence-electron chi connectivity index (χ3n) is 8.19. The lowest BCUT2D eigenvalue weighted by atomic mass is 9.87. The molecule has 1 amide bonds. The molecular weight excluding hydrogens is 569 g/mol. The van der Waals surface area contributed by atoms with Crippen molar-refractivity contribution in [2.45, 2.75) is 84.7 Å². The van der Waals surface area contributed by atoms with Gasteiger partial charge < -0.3 is 10.4 Å². The van der Waals surface area contributed by atoms with E-state index in [-0.39, 0.29) is 18.2 Å². The lowest BCUT2D eigenvalue weighted by Gasteiger charge is -2.27. The summed E-state index contributed by atoms with van der Waals surface area (Å²) in [5, 5.41) is 12.4. The van der Waals surface area contributed by atoms with E-state index in [1.807, 2.05) is 57.4 Å². The Kier molecular flexibility index (Phi) is 13.4. The van der Waals surface area contributed by atoms with Gasteiger partial charge in [-0.3, -0.25) is 4.79 Å². The third-order valence-corrected chi connectivity index (χ3v) is 10.7. The Labute approximate surface area is 256 Å². The molecule has 1 aliphatic carbocycles. The summed E-state index contributed by atoms with van der Waals surface area (Å²) in [6.45, 7) is 6.77. The second-order valence-electron chi connectivity index (χ2n) is 12.0. The number of sulfonamides is 1. The maximum absolute atomic E-state index is 13.6. The monoisotopic (exact) mass is 616 g/mol. The summed E-state index contributed by atoms with van der Waals surface area (Å²) in [7, 11) is -3.48. The highest BCUT2D eigenvalue weighted by Gasteiger charge is 2.26. The average molecular weight is 617 g/mol. The lowest BCUT2D eigenvalue weighted by molar-refractivity contribution is -0.139. The molecule has 232 valence electrons. The number of benzene rings is 2. The van der Waals surface area contributed by atoms with Crippen molar-refractivity contribution in [2.24, 2.45) is 11.8 Å². The first-order chi connectivity index (χ1) is 20.0. The first kappa shape index (κ1) is 34.1. The summed E-state index contributed by atoms with van der Waals surface area (Å²) in [5.41, 5.74) is 3.68. The van der Waals surface area contributed by atoms with Gasteiger partial charge in [0.1, 0.15) is 6.04 Å². The number of hydrogen-bond acceptors (Lipinski definition) is 5. The van der Waals surface area contributed by atoms with E-state index in [1.165, 1.54) is 31.0 Å². The molecule has 3 rings (SSSR count). The summed E-state index contributed by atoms with van der Waals surface area (Å²) in [4.78, 5) is 25.3. The number of aliphatic carboxylic acids is 1. The Balaban J connectivity index is 1.95. The molecule has 0 aliphatic heterocycles. The molecule has 0 radical (unpaired) electrons. The standard InChI is InChI=1S/C33H48N2O5S2/c1-24(2)18-21-42(39,40)35(19-16-26-11-6-5-7-12-26)23-27-14-15-29(30(22-27)28-13-9-8-10-25(28)3)32(36)34-31(33(37)38)17-20-41-4/h8-10,13-15,22,24,26,31H,5-7,11-12,16-21,23H2,1-4H3,(H,34,36)(H,37,38). The summed E-state index contributed by atoms with van der Waals surface area (Å²) < 4.78 is 28.8. The minimum absolute atomic E-state index is 0.118. The largest absolute Gasteiger partial charge is 0.480 e. The van der Waals surface area contributed by atoms with Crippen LogP contribution in [0.2, 0.25) is 0 Å². The van der Waals surface area contributed by atoms with E-state index in [1.54, 1.807) is 16.4 Å². The van der Waals surface area contributed by atoms with Crippen LogP contribution in [0.1, 0.15) is 86.7 Å². The van der Waals surface area contributed by atoms with Crippen molar-refractivity contribution in [3.63, 3.8) is 0 Å². The van der Waals surface area contributed by atoms with Crippen molar-refractivity contribution in [3.8, 4) is 11.1 Å². The van der Waals surface area contributed by atoms with Gasteiger partial charge in [0.15, 0.2) is 0 Å². The van der Waals surface area contributed by atoms with Gasteiger partial charge in [-0.25, -0.2) is 13.2 Å². The van der Waals surface area contributed by atoms with Gasteiger partial charge in [0, 0.05) is 18.7 Å². The Hall–Kier alpha value is -2.36. The molecule has 7 nitrogen and oxygen atoms in total. The van der Waals surface area contributed by atoms with Crippen molar-refractivity contribution in [1.82, 2.24) is 9.62 Å². The highest BCUT2D eigenvalue weighted by atomic mass is 32.2. The molecule has 42 heavy (non-hydrogen) atoms. The Bertz CT molecular complexity index is 1290. The second-order valence-corrected chi connectivity index (χ2v) is 15.0. The first-order valence-corrected chi connectivity index (χ1v) is 18.2. The molecule has 1 unspecified atom stereocenters. The predicted octanol–water partition coefficient (Wildman–Crippen LogP) is 6.75. The van der Waals surface area contributed by atoms with Gasteiger partial charge in [-0.05, 0) is 84.4 Å². The van der Waals surface area contributed by atoms with Crippen molar-refractivity contribution in [2.75, 3.05) is 24.3 Å². The topological polar surface area (TPSA) is 104 Å². The number of thioether (sulfide) groups is 1. The van der Waals surface area contributed by atoms with Gasteiger partial charge in [0.25, 0.3) is 5.91 Å². The fraction of sp³-hybridized carbons (Fsp3) is 0.576. The van der Waals surface area contributed by atoms with Crippen molar-refractivity contribution in [3.05, 3.63) is 59.2 Å². The molecule has 2 N–H and O–H groups in total. The highest BCUT2D eigenvalue weighted by molar-refractivity contribution is 7.98. The van der Waals surface area contributed by atoms with Crippen LogP contribution < -0.4 is 5.32 Å². The van der Waals surface area contributed by atoms with Crippen LogP contribution in [-0.4, -0.2) is 60.1 Å². The zero-order valence-electron chi connectivity index (χ0n) is 25.6. The lowest BCUT2D eigenvalue weighted by Crippen LogP contribution is -2.41. The minimum atomic E-state index is -3.48. The minimum Gasteiger partial charge on any atom is -0.480 e. The zero-order valence-corrected chi connectivity index (χ0v) is 27.2.